The number of nitro groups is 1. The van der Waals surface area contributed by atoms with Gasteiger partial charge in [0.1, 0.15) is 18.0 Å². The summed E-state index contributed by atoms with van der Waals surface area (Å²) < 4.78 is 42.1. The number of nitro benzene ring substituents is 1. The Morgan fingerprint density at radius 3 is 2.63 bits per heavy atom. The monoisotopic (exact) mass is 901 g/mol. The number of H-pyrrole nitrogens is 1. The van der Waals surface area contributed by atoms with Crippen molar-refractivity contribution in [2.24, 2.45) is 5.41 Å². The van der Waals surface area contributed by atoms with Gasteiger partial charge < -0.3 is 29.6 Å². The molecule has 1 spiro atoms. The fourth-order valence-electron chi connectivity index (χ4n) is 10.5. The molecule has 4 aliphatic heterocycles. The van der Waals surface area contributed by atoms with E-state index in [1.165, 1.54) is 12.3 Å². The number of aromatic amines is 1. The average Bonchev–Trinajstić information content (AvgIpc) is 3.98. The fraction of sp³-hybridized carbons (Fsp3) is 0.435. The Morgan fingerprint density at radius 2 is 1.85 bits per heavy atom. The Hall–Kier alpha value is -6.33. The lowest BCUT2D eigenvalue weighted by Crippen LogP contribution is -2.54. The summed E-state index contributed by atoms with van der Waals surface area (Å²) in [6.07, 6.45) is 11.1. The van der Waals surface area contributed by atoms with Crippen LogP contribution in [0.3, 0.4) is 0 Å². The highest BCUT2D eigenvalue weighted by Gasteiger charge is 2.50. The number of aromatic nitrogens is 3. The van der Waals surface area contributed by atoms with Crippen LogP contribution in [-0.4, -0.2) is 127 Å². The van der Waals surface area contributed by atoms with Crippen LogP contribution >= 0.6 is 0 Å². The van der Waals surface area contributed by atoms with E-state index in [2.05, 4.69) is 63.8 Å². The molecule has 18 nitrogen and oxygen atoms in total. The largest absolute Gasteiger partial charge is 0.489 e. The highest BCUT2D eigenvalue weighted by Crippen LogP contribution is 2.54. The van der Waals surface area contributed by atoms with Crippen LogP contribution in [-0.2, 0) is 10.0 Å². The molecule has 338 valence electrons. The number of rotatable bonds is 11. The third-order valence-corrected chi connectivity index (χ3v) is 15.3. The second-order valence-corrected chi connectivity index (χ2v) is 19.8. The number of benzene rings is 2. The Labute approximate surface area is 376 Å². The van der Waals surface area contributed by atoms with E-state index in [9.17, 15) is 28.6 Å². The lowest BCUT2D eigenvalue weighted by atomic mass is 9.60. The molecule has 1 aliphatic carbocycles. The van der Waals surface area contributed by atoms with Crippen molar-refractivity contribution in [1.82, 2.24) is 34.4 Å². The maximum atomic E-state index is 14.0. The molecular weight excluding hydrogens is 851 g/mol. The molecular formula is C46H51N11O7S. The topological polar surface area (TPSA) is 215 Å². The summed E-state index contributed by atoms with van der Waals surface area (Å²) in [7, 11) is -2.63. The molecule has 65 heavy (non-hydrogen) atoms. The number of amides is 1. The number of hydrogen-bond acceptors (Lipinski definition) is 15. The smallest absolute Gasteiger partial charge is 0.297 e. The molecule has 3 aromatic heterocycles. The van der Waals surface area contributed by atoms with Crippen molar-refractivity contribution in [2.75, 3.05) is 76.2 Å². The zero-order valence-electron chi connectivity index (χ0n) is 36.1. The van der Waals surface area contributed by atoms with Gasteiger partial charge in [-0.2, -0.15) is 5.26 Å². The SMILES string of the molecule is CN1CCN(C[C@H]2COc3cc(S(=O)(=O)NC(=O)c4ncc(N5CCC6(CC5)CC(N5CCCC5c5ccccc5C#N)C6)cc4Oc4cnc5[nH]ccc5c4)cc([N+](=O)[O-])c3N2)CC1. The van der Waals surface area contributed by atoms with Crippen molar-refractivity contribution in [3.05, 3.63) is 100 Å². The number of nitrogens with one attached hydrogen (secondary N) is 3. The van der Waals surface area contributed by atoms with E-state index >= 15 is 0 Å². The van der Waals surface area contributed by atoms with Gasteiger partial charge >= 0.3 is 0 Å². The highest BCUT2D eigenvalue weighted by molar-refractivity contribution is 7.90. The molecule has 1 unspecified atom stereocenters. The van der Waals surface area contributed by atoms with Crippen LogP contribution < -0.4 is 24.4 Å². The zero-order chi connectivity index (χ0) is 44.9. The maximum Gasteiger partial charge on any atom is 0.297 e. The van der Waals surface area contributed by atoms with Crippen molar-refractivity contribution in [2.45, 2.75) is 61.5 Å². The van der Waals surface area contributed by atoms with Crippen LogP contribution in [0.1, 0.15) is 66.2 Å². The molecule has 5 aliphatic rings. The van der Waals surface area contributed by atoms with Gasteiger partial charge in [-0.15, -0.1) is 0 Å². The minimum absolute atomic E-state index is 0.00291. The van der Waals surface area contributed by atoms with Crippen molar-refractivity contribution in [3.63, 3.8) is 0 Å². The standard InChI is InChI=1S/C46H51N11O7S/c1-53-15-17-54(18-16-53)28-32-29-63-40-22-36(21-39(57(59)60)42(40)51-32)65(61,62)52-45(58)43-41(64-35-19-30-8-11-48-44(30)50-27-35)20-33(26-49-43)55-13-9-46(10-14-55)23-34(24-46)56-12-4-7-38(56)37-6-3-2-5-31(37)25-47/h2-3,5-6,8,11,19-22,26-27,32,34,38,51H,4,7,9-10,12-18,23-24,28-29H2,1H3,(H,48,50)(H,52,58)/t32-,38?/m0/s1. The van der Waals surface area contributed by atoms with E-state index in [1.807, 2.05) is 24.3 Å². The Bertz CT molecular complexity index is 2790. The van der Waals surface area contributed by atoms with E-state index in [-0.39, 0.29) is 47.0 Å². The number of hydrogen-bond donors (Lipinski definition) is 3. The number of carbonyl (C=O) groups is 1. The van der Waals surface area contributed by atoms with Gasteiger partial charge in [0.15, 0.2) is 22.9 Å². The number of anilines is 2. The second kappa shape index (κ2) is 17.2. The summed E-state index contributed by atoms with van der Waals surface area (Å²) in [6.45, 7) is 6.86. The van der Waals surface area contributed by atoms with E-state index in [0.29, 0.717) is 24.0 Å². The van der Waals surface area contributed by atoms with Crippen LogP contribution in [0.2, 0.25) is 0 Å². The first-order chi connectivity index (χ1) is 31.4. The van der Waals surface area contributed by atoms with E-state index in [0.717, 1.165) is 113 Å². The van der Waals surface area contributed by atoms with Crippen LogP contribution in [0.25, 0.3) is 11.0 Å². The molecule has 2 aromatic carbocycles. The lowest BCUT2D eigenvalue weighted by molar-refractivity contribution is -0.384. The van der Waals surface area contributed by atoms with Gasteiger partial charge in [0, 0.05) is 87.7 Å². The predicted octanol–water partition coefficient (Wildman–Crippen LogP) is 5.66. The molecule has 5 aromatic rings. The number of fused-ring (bicyclic) bond motifs is 2. The number of sulfonamides is 1. The molecule has 10 rings (SSSR count). The molecule has 2 atom stereocenters. The quantitative estimate of drug-likeness (QED) is 0.108. The fourth-order valence-corrected chi connectivity index (χ4v) is 11.5. The van der Waals surface area contributed by atoms with Gasteiger partial charge in [0.2, 0.25) is 0 Å². The number of carbonyl (C=O) groups excluding carboxylic acids is 1. The van der Waals surface area contributed by atoms with Crippen molar-refractivity contribution in [3.8, 4) is 23.3 Å². The first-order valence-corrected chi connectivity index (χ1v) is 23.7. The number of ether oxygens (including phenoxy) is 2. The van der Waals surface area contributed by atoms with E-state index in [4.69, 9.17) is 9.47 Å². The lowest BCUT2D eigenvalue weighted by Gasteiger charge is -2.56. The first-order valence-electron chi connectivity index (χ1n) is 22.2. The minimum atomic E-state index is -4.69. The van der Waals surface area contributed by atoms with Gasteiger partial charge in [-0.1, -0.05) is 18.2 Å². The average molecular weight is 902 g/mol. The maximum absolute atomic E-state index is 14.0. The first kappa shape index (κ1) is 42.6. The Kier molecular flexibility index (Phi) is 11.3. The molecule has 0 bridgehead atoms. The molecule has 19 heteroatoms. The number of likely N-dealkylation sites (N-methyl/N-ethyl adjacent to an activating group) is 1. The van der Waals surface area contributed by atoms with Crippen molar-refractivity contribution < 1.29 is 27.6 Å². The number of pyridine rings is 2. The molecule has 1 amide bonds. The minimum Gasteiger partial charge on any atom is -0.489 e. The van der Waals surface area contributed by atoms with Crippen LogP contribution in [0.15, 0.2) is 78.1 Å². The Balaban J connectivity index is 0.851. The number of nitrogens with zero attached hydrogens (tertiary/aromatic N) is 8. The van der Waals surface area contributed by atoms with Gasteiger partial charge in [-0.05, 0) is 81.3 Å². The number of likely N-dealkylation sites (tertiary alicyclic amines) is 1. The van der Waals surface area contributed by atoms with Gasteiger partial charge in [-0.3, -0.25) is 24.7 Å². The summed E-state index contributed by atoms with van der Waals surface area (Å²) in [5.74, 6) is -0.749. The summed E-state index contributed by atoms with van der Waals surface area (Å²) in [6, 6.07) is 18.2. The molecule has 3 N–H and O–H groups in total. The summed E-state index contributed by atoms with van der Waals surface area (Å²) >= 11 is 0. The number of piperidine rings is 1. The van der Waals surface area contributed by atoms with Crippen molar-refractivity contribution >= 4 is 44.0 Å². The van der Waals surface area contributed by atoms with Gasteiger partial charge in [-0.25, -0.2) is 23.1 Å². The summed E-state index contributed by atoms with van der Waals surface area (Å²) in [5, 5.41) is 26.1. The molecule has 7 heterocycles. The highest BCUT2D eigenvalue weighted by atomic mass is 32.2. The molecule has 3 saturated heterocycles. The van der Waals surface area contributed by atoms with Crippen LogP contribution in [0.4, 0.5) is 17.1 Å². The van der Waals surface area contributed by atoms with Crippen LogP contribution in [0, 0.1) is 26.9 Å². The van der Waals surface area contributed by atoms with Gasteiger partial charge in [0.05, 0.1) is 45.6 Å². The number of piperazine rings is 1. The van der Waals surface area contributed by atoms with Crippen molar-refractivity contribution in [1.29, 1.82) is 5.26 Å². The van der Waals surface area contributed by atoms with E-state index < -0.39 is 31.4 Å². The molecule has 1 saturated carbocycles. The normalized spacial score (nSPS) is 21.5. The summed E-state index contributed by atoms with van der Waals surface area (Å²) in [5.41, 5.74) is 2.78. The Morgan fingerprint density at radius 1 is 1.05 bits per heavy atom. The molecule has 0 radical (unpaired) electrons. The second-order valence-electron chi connectivity index (χ2n) is 18.1. The zero-order valence-corrected chi connectivity index (χ0v) is 36.9. The number of nitriles is 1. The van der Waals surface area contributed by atoms with Gasteiger partial charge in [0.25, 0.3) is 21.6 Å². The third-order valence-electron chi connectivity index (χ3n) is 14.0. The predicted molar refractivity (Wildman–Crippen MR) is 242 cm³/mol. The van der Waals surface area contributed by atoms with Crippen LogP contribution in [0.5, 0.6) is 17.2 Å². The summed E-state index contributed by atoms with van der Waals surface area (Å²) in [4.78, 5) is 46.5. The molecule has 4 fully saturated rings. The van der Waals surface area contributed by atoms with E-state index in [1.54, 1.807) is 24.5 Å². The third kappa shape index (κ3) is 8.54.